The van der Waals surface area contributed by atoms with E-state index in [4.69, 9.17) is 9.15 Å². The number of para-hydroxylation sites is 1. The number of aryl methyl sites for hydroxylation is 2. The number of carbonyl (C=O) groups is 2. The van der Waals surface area contributed by atoms with Crippen LogP contribution in [0.1, 0.15) is 32.0 Å². The van der Waals surface area contributed by atoms with Gasteiger partial charge in [0.2, 0.25) is 5.76 Å². The number of carbonyl (C=O) groups excluding carboxylic acids is 2. The van der Waals surface area contributed by atoms with Gasteiger partial charge in [0.1, 0.15) is 17.0 Å². The van der Waals surface area contributed by atoms with Crippen molar-refractivity contribution < 1.29 is 18.7 Å². The number of anilines is 2. The van der Waals surface area contributed by atoms with Gasteiger partial charge >= 0.3 is 0 Å². The van der Waals surface area contributed by atoms with E-state index in [1.54, 1.807) is 36.4 Å². The number of rotatable bonds is 5. The average molecular weight is 414 g/mol. The van der Waals surface area contributed by atoms with E-state index < -0.39 is 5.91 Å². The predicted octanol–water partition coefficient (Wildman–Crippen LogP) is 5.56. The highest BCUT2D eigenvalue weighted by atomic mass is 16.5. The molecule has 0 aliphatic heterocycles. The third-order valence-corrected chi connectivity index (χ3v) is 5.14. The molecule has 6 nitrogen and oxygen atoms in total. The van der Waals surface area contributed by atoms with Gasteiger partial charge in [0.15, 0.2) is 0 Å². The molecule has 0 fully saturated rings. The van der Waals surface area contributed by atoms with Crippen LogP contribution in [-0.4, -0.2) is 18.9 Å². The number of fused-ring (bicyclic) bond motifs is 1. The lowest BCUT2D eigenvalue weighted by Gasteiger charge is -2.09. The Kier molecular flexibility index (Phi) is 5.45. The quantitative estimate of drug-likeness (QED) is 0.448. The van der Waals surface area contributed by atoms with Crippen molar-refractivity contribution in [1.82, 2.24) is 0 Å². The molecule has 0 saturated heterocycles. The first-order valence-corrected chi connectivity index (χ1v) is 9.82. The van der Waals surface area contributed by atoms with Crippen molar-refractivity contribution >= 4 is 34.2 Å². The Morgan fingerprint density at radius 1 is 0.839 bits per heavy atom. The molecule has 6 heteroatoms. The normalized spacial score (nSPS) is 10.7. The summed E-state index contributed by atoms with van der Waals surface area (Å²) in [5.41, 5.74) is 4.09. The van der Waals surface area contributed by atoms with Gasteiger partial charge in [-0.1, -0.05) is 24.3 Å². The Labute approximate surface area is 179 Å². The molecule has 0 unspecified atom stereocenters. The molecule has 4 rings (SSSR count). The number of hydrogen-bond donors (Lipinski definition) is 2. The molecular formula is C25H22N2O4. The van der Waals surface area contributed by atoms with Crippen molar-refractivity contribution in [2.24, 2.45) is 0 Å². The van der Waals surface area contributed by atoms with Gasteiger partial charge in [-0.3, -0.25) is 9.59 Å². The fraction of sp³-hybridized carbons (Fsp3) is 0.120. The van der Waals surface area contributed by atoms with Gasteiger partial charge in [-0.15, -0.1) is 0 Å². The number of nitrogens with one attached hydrogen (secondary N) is 2. The summed E-state index contributed by atoms with van der Waals surface area (Å²) >= 11 is 0. The maximum Gasteiger partial charge on any atom is 0.293 e. The minimum Gasteiger partial charge on any atom is -0.497 e. The zero-order valence-electron chi connectivity index (χ0n) is 17.5. The maximum absolute atomic E-state index is 13.0. The molecule has 2 N–H and O–H groups in total. The van der Waals surface area contributed by atoms with Crippen LogP contribution in [0.25, 0.3) is 11.0 Å². The van der Waals surface area contributed by atoms with Crippen molar-refractivity contribution in [3.63, 3.8) is 0 Å². The third-order valence-electron chi connectivity index (χ3n) is 5.14. The molecule has 1 aromatic heterocycles. The lowest BCUT2D eigenvalue weighted by Crippen LogP contribution is -2.17. The number of methoxy groups -OCH3 is 1. The fourth-order valence-electron chi connectivity index (χ4n) is 3.29. The summed E-state index contributed by atoms with van der Waals surface area (Å²) in [7, 11) is 1.54. The predicted molar refractivity (Wildman–Crippen MR) is 121 cm³/mol. The lowest BCUT2D eigenvalue weighted by atomic mass is 10.1. The Balaban J connectivity index is 1.69. The van der Waals surface area contributed by atoms with Crippen LogP contribution in [0.4, 0.5) is 11.4 Å². The zero-order chi connectivity index (χ0) is 22.0. The second-order valence-corrected chi connectivity index (χ2v) is 7.24. The van der Waals surface area contributed by atoms with Crippen LogP contribution in [0.15, 0.2) is 71.1 Å². The summed E-state index contributed by atoms with van der Waals surface area (Å²) in [6.45, 7) is 3.98. The van der Waals surface area contributed by atoms with E-state index in [0.29, 0.717) is 33.7 Å². The Morgan fingerprint density at radius 2 is 1.65 bits per heavy atom. The lowest BCUT2D eigenvalue weighted by molar-refractivity contribution is 0.0999. The van der Waals surface area contributed by atoms with Gasteiger partial charge < -0.3 is 19.8 Å². The molecule has 156 valence electrons. The summed E-state index contributed by atoms with van der Waals surface area (Å²) < 4.78 is 11.0. The topological polar surface area (TPSA) is 80.6 Å². The first-order valence-electron chi connectivity index (χ1n) is 9.82. The van der Waals surface area contributed by atoms with E-state index in [9.17, 15) is 9.59 Å². The van der Waals surface area contributed by atoms with Crippen molar-refractivity contribution in [3.05, 3.63) is 89.2 Å². The van der Waals surface area contributed by atoms with E-state index in [2.05, 4.69) is 10.6 Å². The molecule has 2 amide bonds. The minimum absolute atomic E-state index is 0.0377. The van der Waals surface area contributed by atoms with Crippen molar-refractivity contribution in [3.8, 4) is 5.75 Å². The average Bonchev–Trinajstić information content (AvgIpc) is 3.15. The van der Waals surface area contributed by atoms with Gasteiger partial charge in [0.05, 0.1) is 7.11 Å². The van der Waals surface area contributed by atoms with Crippen LogP contribution in [0, 0.1) is 13.8 Å². The maximum atomic E-state index is 13.0. The highest BCUT2D eigenvalue weighted by Gasteiger charge is 2.23. The number of ether oxygens (including phenoxy) is 1. The molecule has 0 spiro atoms. The van der Waals surface area contributed by atoms with Crippen LogP contribution < -0.4 is 15.4 Å². The standard InChI is InChI=1S/C25H22N2O4/c1-15-11-12-18(13-16(15)2)26-25(29)23-22(20-9-4-5-10-21(20)31-23)27-24(28)17-7-6-8-19(14-17)30-3/h4-14H,1-3H3,(H,26,29)(H,27,28). The molecular weight excluding hydrogens is 392 g/mol. The molecule has 0 saturated carbocycles. The summed E-state index contributed by atoms with van der Waals surface area (Å²) in [6, 6.07) is 19.6. The van der Waals surface area contributed by atoms with Crippen molar-refractivity contribution in [2.75, 3.05) is 17.7 Å². The number of hydrogen-bond acceptors (Lipinski definition) is 4. The van der Waals surface area contributed by atoms with Crippen LogP contribution >= 0.6 is 0 Å². The molecule has 1 heterocycles. The van der Waals surface area contributed by atoms with Crippen LogP contribution in [0.3, 0.4) is 0 Å². The summed E-state index contributed by atoms with van der Waals surface area (Å²) in [5, 5.41) is 6.34. The molecule has 0 radical (unpaired) electrons. The fourth-order valence-corrected chi connectivity index (χ4v) is 3.29. The number of furan rings is 1. The largest absolute Gasteiger partial charge is 0.497 e. The van der Waals surface area contributed by atoms with E-state index in [0.717, 1.165) is 11.1 Å². The molecule has 0 aliphatic carbocycles. The highest BCUT2D eigenvalue weighted by Crippen LogP contribution is 2.32. The van der Waals surface area contributed by atoms with Crippen LogP contribution in [-0.2, 0) is 0 Å². The molecule has 31 heavy (non-hydrogen) atoms. The van der Waals surface area contributed by atoms with Gasteiger partial charge in [-0.25, -0.2) is 0 Å². The summed E-state index contributed by atoms with van der Waals surface area (Å²) in [6.07, 6.45) is 0. The second-order valence-electron chi connectivity index (χ2n) is 7.24. The number of amides is 2. The Hall–Kier alpha value is -4.06. The van der Waals surface area contributed by atoms with Crippen molar-refractivity contribution in [2.45, 2.75) is 13.8 Å². The van der Waals surface area contributed by atoms with Gasteiger partial charge in [0, 0.05) is 16.6 Å². The monoisotopic (exact) mass is 414 g/mol. The molecule has 0 aliphatic rings. The second kappa shape index (κ2) is 8.36. The third kappa shape index (κ3) is 4.14. The van der Waals surface area contributed by atoms with E-state index in [1.165, 1.54) is 7.11 Å². The summed E-state index contributed by atoms with van der Waals surface area (Å²) in [5.74, 6) is -0.209. The molecule has 0 atom stereocenters. The first-order chi connectivity index (χ1) is 15.0. The van der Waals surface area contributed by atoms with E-state index >= 15 is 0 Å². The van der Waals surface area contributed by atoms with Gasteiger partial charge in [-0.05, 0) is 67.4 Å². The Bertz CT molecular complexity index is 1290. The minimum atomic E-state index is -0.444. The van der Waals surface area contributed by atoms with Crippen LogP contribution in [0.2, 0.25) is 0 Å². The zero-order valence-corrected chi connectivity index (χ0v) is 17.5. The number of benzene rings is 3. The smallest absolute Gasteiger partial charge is 0.293 e. The molecule has 0 bridgehead atoms. The molecule has 3 aromatic carbocycles. The summed E-state index contributed by atoms with van der Waals surface area (Å²) in [4.78, 5) is 25.9. The highest BCUT2D eigenvalue weighted by molar-refractivity contribution is 6.16. The SMILES string of the molecule is COc1cccc(C(=O)Nc2c(C(=O)Nc3ccc(C)c(C)c3)oc3ccccc23)c1. The van der Waals surface area contributed by atoms with Crippen LogP contribution in [0.5, 0.6) is 5.75 Å². The van der Waals surface area contributed by atoms with E-state index in [1.807, 2.05) is 44.2 Å². The molecule has 4 aromatic rings. The van der Waals surface area contributed by atoms with Gasteiger partial charge in [0.25, 0.3) is 11.8 Å². The van der Waals surface area contributed by atoms with E-state index in [-0.39, 0.29) is 11.7 Å². The Morgan fingerprint density at radius 3 is 2.42 bits per heavy atom. The van der Waals surface area contributed by atoms with Gasteiger partial charge in [-0.2, -0.15) is 0 Å². The first kappa shape index (κ1) is 20.2. The van der Waals surface area contributed by atoms with Crippen molar-refractivity contribution in [1.29, 1.82) is 0 Å².